The summed E-state index contributed by atoms with van der Waals surface area (Å²) in [6, 6.07) is 0.0441. The molecule has 2 N–H and O–H groups in total. The number of anilines is 2. The summed E-state index contributed by atoms with van der Waals surface area (Å²) < 4.78 is 0. The highest BCUT2D eigenvalue weighted by Gasteiger charge is 2.14. The topological polar surface area (TPSA) is 61.3 Å². The molecule has 1 rings (SSSR count). The molecule has 1 unspecified atom stereocenters. The van der Waals surface area contributed by atoms with Gasteiger partial charge in [-0.3, -0.25) is 0 Å². The fraction of sp³-hybridized carbons (Fsp3) is 0.667. The lowest BCUT2D eigenvalue weighted by atomic mass is 10.2. The lowest BCUT2D eigenvalue weighted by Crippen LogP contribution is -2.33. The van der Waals surface area contributed by atoms with Gasteiger partial charge in [0.05, 0.1) is 12.6 Å². The number of hydrogen-bond donors (Lipinski definition) is 2. The fourth-order valence-electron chi connectivity index (χ4n) is 1.55. The Morgan fingerprint density at radius 1 is 1.47 bits per heavy atom. The van der Waals surface area contributed by atoms with Crippen molar-refractivity contribution in [3.05, 3.63) is 11.9 Å². The van der Waals surface area contributed by atoms with E-state index < -0.39 is 0 Å². The second kappa shape index (κ2) is 6.39. The van der Waals surface area contributed by atoms with Crippen LogP contribution in [0.25, 0.3) is 0 Å². The summed E-state index contributed by atoms with van der Waals surface area (Å²) in [6.45, 7) is 7.08. The van der Waals surface area contributed by atoms with Gasteiger partial charge in [-0.05, 0) is 20.3 Å². The predicted molar refractivity (Wildman–Crippen MR) is 70.5 cm³/mol. The number of likely N-dealkylation sites (N-methyl/N-ethyl adjacent to an activating group) is 1. The Balaban J connectivity index is 2.93. The third-order valence-corrected chi connectivity index (χ3v) is 2.86. The van der Waals surface area contributed by atoms with E-state index in [1.54, 1.807) is 6.33 Å². The van der Waals surface area contributed by atoms with Crippen LogP contribution in [0.2, 0.25) is 0 Å². The molecule has 17 heavy (non-hydrogen) atoms. The third kappa shape index (κ3) is 3.30. The van der Waals surface area contributed by atoms with Crippen molar-refractivity contribution in [3.63, 3.8) is 0 Å². The van der Waals surface area contributed by atoms with Gasteiger partial charge >= 0.3 is 0 Å². The van der Waals surface area contributed by atoms with Crippen molar-refractivity contribution in [2.45, 2.75) is 33.2 Å². The zero-order chi connectivity index (χ0) is 12.8. The predicted octanol–water partition coefficient (Wildman–Crippen LogP) is 1.42. The number of rotatable bonds is 6. The van der Waals surface area contributed by atoms with Crippen LogP contribution in [0.1, 0.15) is 25.8 Å². The first-order valence-corrected chi connectivity index (χ1v) is 6.01. The quantitative estimate of drug-likeness (QED) is 0.785. The maximum atomic E-state index is 9.17. The molecule has 0 spiro atoms. The number of hydrogen-bond acceptors (Lipinski definition) is 5. The number of nitrogens with zero attached hydrogens (tertiary/aromatic N) is 3. The molecular weight excluding hydrogens is 216 g/mol. The number of aliphatic hydroxyl groups is 1. The molecule has 0 fully saturated rings. The van der Waals surface area contributed by atoms with Crippen molar-refractivity contribution < 1.29 is 5.11 Å². The van der Waals surface area contributed by atoms with Crippen LogP contribution in [0, 0.1) is 6.92 Å². The minimum Gasteiger partial charge on any atom is -0.394 e. The summed E-state index contributed by atoms with van der Waals surface area (Å²) in [5.74, 6) is 1.73. The second-order valence-corrected chi connectivity index (χ2v) is 4.24. The zero-order valence-electron chi connectivity index (χ0n) is 11.1. The molecule has 0 aromatic carbocycles. The Morgan fingerprint density at radius 2 is 2.18 bits per heavy atom. The molecule has 96 valence electrons. The van der Waals surface area contributed by atoms with Crippen LogP contribution in [0.3, 0.4) is 0 Å². The summed E-state index contributed by atoms with van der Waals surface area (Å²) in [5, 5.41) is 12.4. The Labute approximate surface area is 103 Å². The van der Waals surface area contributed by atoms with Crippen LogP contribution < -0.4 is 10.2 Å². The van der Waals surface area contributed by atoms with Gasteiger partial charge in [-0.1, -0.05) is 6.92 Å². The highest BCUT2D eigenvalue weighted by Crippen LogP contribution is 2.22. The van der Waals surface area contributed by atoms with Crippen molar-refractivity contribution in [1.82, 2.24) is 9.97 Å². The van der Waals surface area contributed by atoms with Crippen molar-refractivity contribution >= 4 is 11.6 Å². The van der Waals surface area contributed by atoms with E-state index in [1.807, 2.05) is 25.8 Å². The molecule has 0 saturated carbocycles. The first kappa shape index (κ1) is 13.7. The number of aromatic nitrogens is 2. The van der Waals surface area contributed by atoms with Crippen LogP contribution in [0.15, 0.2) is 6.33 Å². The first-order chi connectivity index (χ1) is 8.11. The van der Waals surface area contributed by atoms with E-state index in [0.29, 0.717) is 0 Å². The van der Waals surface area contributed by atoms with E-state index in [9.17, 15) is 0 Å². The average molecular weight is 238 g/mol. The molecule has 0 saturated heterocycles. The Hall–Kier alpha value is -1.36. The molecule has 1 aromatic heterocycles. The first-order valence-electron chi connectivity index (χ1n) is 6.01. The van der Waals surface area contributed by atoms with Gasteiger partial charge in [0.25, 0.3) is 0 Å². The van der Waals surface area contributed by atoms with Crippen LogP contribution in [0.4, 0.5) is 11.6 Å². The molecule has 0 aliphatic carbocycles. The Bertz CT molecular complexity index is 356. The standard InChI is InChI=1S/C12H22N4O/c1-5-6-13-11-10(3)12(15-8-14-11)16(4)9(2)7-17/h8-9,17H,5-7H2,1-4H3,(H,13,14,15). The van der Waals surface area contributed by atoms with E-state index >= 15 is 0 Å². The van der Waals surface area contributed by atoms with Gasteiger partial charge in [0.2, 0.25) is 0 Å². The van der Waals surface area contributed by atoms with Crippen LogP contribution in [-0.2, 0) is 0 Å². The Kier molecular flexibility index (Phi) is 5.15. The van der Waals surface area contributed by atoms with Gasteiger partial charge in [-0.15, -0.1) is 0 Å². The fourth-order valence-corrected chi connectivity index (χ4v) is 1.55. The molecule has 5 heteroatoms. The summed E-state index contributed by atoms with van der Waals surface area (Å²) in [5.41, 5.74) is 1.02. The van der Waals surface area contributed by atoms with E-state index in [1.165, 1.54) is 0 Å². The molecule has 1 heterocycles. The smallest absolute Gasteiger partial charge is 0.137 e. The van der Waals surface area contributed by atoms with E-state index in [4.69, 9.17) is 5.11 Å². The highest BCUT2D eigenvalue weighted by molar-refractivity contribution is 5.57. The van der Waals surface area contributed by atoms with Crippen LogP contribution >= 0.6 is 0 Å². The van der Waals surface area contributed by atoms with Gasteiger partial charge in [0.15, 0.2) is 0 Å². The normalized spacial score (nSPS) is 12.3. The maximum Gasteiger partial charge on any atom is 0.137 e. The maximum absolute atomic E-state index is 9.17. The largest absolute Gasteiger partial charge is 0.394 e. The Morgan fingerprint density at radius 3 is 2.76 bits per heavy atom. The van der Waals surface area contributed by atoms with Gasteiger partial charge in [0.1, 0.15) is 18.0 Å². The zero-order valence-corrected chi connectivity index (χ0v) is 11.1. The van der Waals surface area contributed by atoms with Gasteiger partial charge in [-0.2, -0.15) is 0 Å². The minimum atomic E-state index is 0.0441. The lowest BCUT2D eigenvalue weighted by Gasteiger charge is -2.26. The second-order valence-electron chi connectivity index (χ2n) is 4.24. The molecular formula is C12H22N4O. The molecule has 1 atom stereocenters. The third-order valence-electron chi connectivity index (χ3n) is 2.86. The van der Waals surface area contributed by atoms with Crippen LogP contribution in [-0.4, -0.2) is 41.3 Å². The highest BCUT2D eigenvalue weighted by atomic mass is 16.3. The molecule has 0 aliphatic rings. The van der Waals surface area contributed by atoms with E-state index in [-0.39, 0.29) is 12.6 Å². The van der Waals surface area contributed by atoms with Crippen molar-refractivity contribution in [3.8, 4) is 0 Å². The molecule has 0 bridgehead atoms. The summed E-state index contributed by atoms with van der Waals surface area (Å²) >= 11 is 0. The van der Waals surface area contributed by atoms with Crippen molar-refractivity contribution in [1.29, 1.82) is 0 Å². The SMILES string of the molecule is CCCNc1ncnc(N(C)C(C)CO)c1C. The summed E-state index contributed by atoms with van der Waals surface area (Å²) in [4.78, 5) is 10.5. The molecule has 1 aromatic rings. The van der Waals surface area contributed by atoms with Gasteiger partial charge < -0.3 is 15.3 Å². The molecule has 0 aliphatic heterocycles. The number of nitrogens with one attached hydrogen (secondary N) is 1. The van der Waals surface area contributed by atoms with Crippen molar-refractivity contribution in [2.75, 3.05) is 30.4 Å². The van der Waals surface area contributed by atoms with Crippen molar-refractivity contribution in [2.24, 2.45) is 0 Å². The van der Waals surface area contributed by atoms with Gasteiger partial charge in [-0.25, -0.2) is 9.97 Å². The summed E-state index contributed by atoms with van der Waals surface area (Å²) in [7, 11) is 1.93. The molecule has 5 nitrogen and oxygen atoms in total. The van der Waals surface area contributed by atoms with E-state index in [2.05, 4.69) is 22.2 Å². The monoisotopic (exact) mass is 238 g/mol. The van der Waals surface area contributed by atoms with Gasteiger partial charge in [0, 0.05) is 19.2 Å². The minimum absolute atomic E-state index is 0.0441. The molecule has 0 radical (unpaired) electrons. The van der Waals surface area contributed by atoms with Crippen LogP contribution in [0.5, 0.6) is 0 Å². The lowest BCUT2D eigenvalue weighted by molar-refractivity contribution is 0.269. The summed E-state index contributed by atoms with van der Waals surface area (Å²) in [6.07, 6.45) is 2.61. The number of aliphatic hydroxyl groups excluding tert-OH is 1. The van der Waals surface area contributed by atoms with E-state index in [0.717, 1.165) is 30.2 Å². The average Bonchev–Trinajstić information content (AvgIpc) is 2.35. The molecule has 0 amide bonds.